The van der Waals surface area contributed by atoms with E-state index in [-0.39, 0.29) is 41.3 Å². The smallest absolute Gasteiger partial charge is 0.405 e. The van der Waals surface area contributed by atoms with Crippen molar-refractivity contribution in [3.05, 3.63) is 58.7 Å². The van der Waals surface area contributed by atoms with E-state index >= 15 is 0 Å². The van der Waals surface area contributed by atoms with Gasteiger partial charge < -0.3 is 19.1 Å². The third-order valence-electron chi connectivity index (χ3n) is 10.8. The number of nitrogens with zero attached hydrogens (tertiary/aromatic N) is 4. The third kappa shape index (κ3) is 6.41. The highest BCUT2D eigenvalue weighted by Crippen LogP contribution is 2.48. The van der Waals surface area contributed by atoms with E-state index in [1.165, 1.54) is 26.2 Å². The Balaban J connectivity index is 1.44. The van der Waals surface area contributed by atoms with Crippen molar-refractivity contribution in [3.63, 3.8) is 0 Å². The number of piperidine rings is 1. The van der Waals surface area contributed by atoms with E-state index in [1.807, 2.05) is 16.5 Å². The zero-order chi connectivity index (χ0) is 35.5. The first-order valence-corrected chi connectivity index (χ1v) is 18.7. The number of likely N-dealkylation sites (tertiary alicyclic amines) is 2. The molecule has 10 nitrogen and oxygen atoms in total. The lowest BCUT2D eigenvalue weighted by atomic mass is 9.81. The summed E-state index contributed by atoms with van der Waals surface area (Å²) in [7, 11) is 0.584. The van der Waals surface area contributed by atoms with E-state index in [9.17, 15) is 31.2 Å². The van der Waals surface area contributed by atoms with Gasteiger partial charge >= 0.3 is 16.6 Å². The molecule has 2 atom stereocenters. The number of alkyl halides is 3. The number of carbonyl (C=O) groups is 2. The Morgan fingerprint density at radius 1 is 1.00 bits per heavy atom. The summed E-state index contributed by atoms with van der Waals surface area (Å²) >= 11 is 0. The summed E-state index contributed by atoms with van der Waals surface area (Å²) in [5.41, 5.74) is 3.34. The number of rotatable bonds is 6. The molecule has 50 heavy (non-hydrogen) atoms. The Hall–Kier alpha value is -3.88. The first-order chi connectivity index (χ1) is 23.7. The van der Waals surface area contributed by atoms with E-state index in [1.54, 1.807) is 30.3 Å². The van der Waals surface area contributed by atoms with Crippen LogP contribution in [0.5, 0.6) is 5.75 Å². The van der Waals surface area contributed by atoms with Gasteiger partial charge in [0.2, 0.25) is 0 Å². The van der Waals surface area contributed by atoms with Gasteiger partial charge in [-0.2, -0.15) is 12.7 Å². The molecule has 1 N–H and O–H groups in total. The predicted molar refractivity (Wildman–Crippen MR) is 184 cm³/mol. The zero-order valence-electron chi connectivity index (χ0n) is 28.4. The molecule has 0 radical (unpaired) electrons. The van der Waals surface area contributed by atoms with Crippen LogP contribution in [0.4, 0.5) is 13.2 Å². The van der Waals surface area contributed by atoms with Crippen LogP contribution < -0.4 is 9.46 Å². The fourth-order valence-corrected chi connectivity index (χ4v) is 9.04. The maximum absolute atomic E-state index is 14.6. The minimum Gasteiger partial charge on any atom is -0.405 e. The standard InChI is InChI=1S/C36H42F3N5O5S/c1-41(2)50(47,48)40-34(45)23-14-15-27-29(18-23)44-20-25(35(46)43-16-8-11-24-19-42(3)21-30(24)43)17-28-26(12-7-13-31(28)49-36(37,38)39)33(44)32(27)22-9-5-4-6-10-22/h7,12-15,17-18,22,24,30H,4-6,8-11,16,19-21H2,1-3H3,(H,40,45). The van der Waals surface area contributed by atoms with Gasteiger partial charge in [-0.3, -0.25) is 9.59 Å². The molecule has 2 aromatic carbocycles. The molecule has 14 heteroatoms. The van der Waals surface area contributed by atoms with Crippen LogP contribution in [0.25, 0.3) is 28.2 Å². The summed E-state index contributed by atoms with van der Waals surface area (Å²) in [6.07, 6.45) is 3.30. The van der Waals surface area contributed by atoms with Gasteiger partial charge in [0.15, 0.2) is 0 Å². The number of amides is 2. The summed E-state index contributed by atoms with van der Waals surface area (Å²) in [5.74, 6) is -1.03. The Kier molecular flexibility index (Phi) is 9.00. The van der Waals surface area contributed by atoms with Crippen molar-refractivity contribution in [1.82, 2.24) is 23.4 Å². The third-order valence-corrected chi connectivity index (χ3v) is 12.2. The number of ether oxygens (including phenoxy) is 1. The average molecular weight is 714 g/mol. The van der Waals surface area contributed by atoms with Crippen LogP contribution in [0.3, 0.4) is 0 Å². The van der Waals surface area contributed by atoms with Gasteiger partial charge in [0.05, 0.1) is 12.2 Å². The molecule has 3 aliphatic heterocycles. The van der Waals surface area contributed by atoms with E-state index in [0.29, 0.717) is 34.8 Å². The van der Waals surface area contributed by atoms with Crippen molar-refractivity contribution in [3.8, 4) is 17.0 Å². The Labute approximate surface area is 290 Å². The van der Waals surface area contributed by atoms with Gasteiger partial charge in [0.25, 0.3) is 11.8 Å². The lowest BCUT2D eigenvalue weighted by molar-refractivity contribution is -0.274. The molecule has 7 rings (SSSR count). The van der Waals surface area contributed by atoms with Crippen molar-refractivity contribution in [1.29, 1.82) is 0 Å². The highest BCUT2D eigenvalue weighted by atomic mass is 32.2. The normalized spacial score (nSPS) is 21.7. The van der Waals surface area contributed by atoms with Gasteiger partial charge in [0.1, 0.15) is 5.75 Å². The molecule has 3 aromatic rings. The number of aromatic nitrogens is 1. The molecule has 2 amide bonds. The summed E-state index contributed by atoms with van der Waals surface area (Å²) in [6, 6.07) is 9.56. The van der Waals surface area contributed by atoms with Crippen LogP contribution in [-0.4, -0.2) is 92.1 Å². The largest absolute Gasteiger partial charge is 0.573 e. The molecule has 1 aromatic heterocycles. The number of carbonyl (C=O) groups excluding carboxylic acids is 2. The number of halogens is 3. The first kappa shape index (κ1) is 34.6. The van der Waals surface area contributed by atoms with Crippen LogP contribution in [0.15, 0.2) is 42.0 Å². The second-order valence-electron chi connectivity index (χ2n) is 14.3. The van der Waals surface area contributed by atoms with Crippen LogP contribution in [0.2, 0.25) is 0 Å². The molecule has 1 aliphatic carbocycles. The number of likely N-dealkylation sites (N-methyl/N-ethyl adjacent to an activating group) is 1. The minimum absolute atomic E-state index is 0.000775. The summed E-state index contributed by atoms with van der Waals surface area (Å²) in [4.78, 5) is 32.1. The Bertz CT molecular complexity index is 1980. The number of fused-ring (bicyclic) bond motifs is 6. The first-order valence-electron chi connectivity index (χ1n) is 17.2. The molecule has 2 unspecified atom stereocenters. The zero-order valence-corrected chi connectivity index (χ0v) is 29.2. The van der Waals surface area contributed by atoms with Crippen molar-refractivity contribution in [2.24, 2.45) is 5.92 Å². The molecule has 0 bridgehead atoms. The maximum Gasteiger partial charge on any atom is 0.573 e. The SMILES string of the molecule is CN1CC2CCCN(C(=O)C3=Cc4c(OC(F)(F)F)cccc4-c4c(C5CCCCC5)c5ccc(C(=O)NS(=O)(=O)N(C)C)cc5n4C3)C2C1. The summed E-state index contributed by atoms with van der Waals surface area (Å²) in [5, 5.41) is 0.816. The van der Waals surface area contributed by atoms with Gasteiger partial charge in [0, 0.05) is 72.9 Å². The molecule has 2 saturated heterocycles. The average Bonchev–Trinajstić information content (AvgIpc) is 3.54. The molecular formula is C36H42F3N5O5S. The predicted octanol–water partition coefficient (Wildman–Crippen LogP) is 5.74. The number of nitrogens with one attached hydrogen (secondary N) is 1. The minimum atomic E-state index is -4.96. The van der Waals surface area contributed by atoms with Crippen molar-refractivity contribution >= 4 is 39.0 Å². The lowest BCUT2D eigenvalue weighted by Gasteiger charge is -2.37. The molecule has 1 saturated carbocycles. The van der Waals surface area contributed by atoms with Crippen LogP contribution in [0.1, 0.15) is 72.3 Å². The molecule has 0 spiro atoms. The number of hydrogen-bond donors (Lipinski definition) is 1. The monoisotopic (exact) mass is 713 g/mol. The van der Waals surface area contributed by atoms with Crippen molar-refractivity contribution in [2.45, 2.75) is 69.8 Å². The van der Waals surface area contributed by atoms with Gasteiger partial charge in [-0.05, 0) is 74.4 Å². The number of hydrogen-bond acceptors (Lipinski definition) is 6. The van der Waals surface area contributed by atoms with Crippen LogP contribution in [-0.2, 0) is 21.5 Å². The number of benzene rings is 2. The highest BCUT2D eigenvalue weighted by molar-refractivity contribution is 7.87. The van der Waals surface area contributed by atoms with E-state index < -0.39 is 22.5 Å². The Morgan fingerprint density at radius 3 is 2.48 bits per heavy atom. The molecule has 3 fully saturated rings. The summed E-state index contributed by atoms with van der Waals surface area (Å²) in [6.45, 7) is 2.20. The second-order valence-corrected chi connectivity index (χ2v) is 16.1. The molecule has 4 aliphatic rings. The van der Waals surface area contributed by atoms with Gasteiger partial charge in [-0.15, -0.1) is 13.2 Å². The lowest BCUT2D eigenvalue weighted by Crippen LogP contribution is -2.49. The van der Waals surface area contributed by atoms with E-state index in [4.69, 9.17) is 0 Å². The summed E-state index contributed by atoms with van der Waals surface area (Å²) < 4.78 is 76.2. The van der Waals surface area contributed by atoms with E-state index in [2.05, 4.69) is 14.4 Å². The van der Waals surface area contributed by atoms with E-state index in [0.717, 1.165) is 73.3 Å². The van der Waals surface area contributed by atoms with Gasteiger partial charge in [-0.25, -0.2) is 4.72 Å². The van der Waals surface area contributed by atoms with Gasteiger partial charge in [-0.1, -0.05) is 37.5 Å². The fraction of sp³-hybridized carbons (Fsp3) is 0.500. The molecular weight excluding hydrogens is 671 g/mol. The van der Waals surface area contributed by atoms with Crippen molar-refractivity contribution < 1.29 is 35.9 Å². The topological polar surface area (TPSA) is 104 Å². The van der Waals surface area contributed by atoms with Crippen LogP contribution >= 0.6 is 0 Å². The van der Waals surface area contributed by atoms with Crippen molar-refractivity contribution in [2.75, 3.05) is 40.8 Å². The maximum atomic E-state index is 14.6. The quantitative estimate of drug-likeness (QED) is 0.350. The highest BCUT2D eigenvalue weighted by Gasteiger charge is 2.42. The second kappa shape index (κ2) is 13.0. The molecule has 4 heterocycles. The Morgan fingerprint density at radius 2 is 1.76 bits per heavy atom. The fourth-order valence-electron chi connectivity index (χ4n) is 8.50. The molecule has 268 valence electrons. The van der Waals surface area contributed by atoms with Crippen LogP contribution in [0, 0.1) is 5.92 Å².